The van der Waals surface area contributed by atoms with E-state index in [4.69, 9.17) is 0 Å². The fourth-order valence-corrected chi connectivity index (χ4v) is 2.59. The van der Waals surface area contributed by atoms with Gasteiger partial charge < -0.3 is 9.88 Å². The Morgan fingerprint density at radius 2 is 2.15 bits per heavy atom. The highest BCUT2D eigenvalue weighted by molar-refractivity contribution is 5.95. The third-order valence-electron chi connectivity index (χ3n) is 3.69. The zero-order valence-electron chi connectivity index (χ0n) is 11.1. The Hall–Kier alpha value is -2.17. The van der Waals surface area contributed by atoms with Crippen LogP contribution in [0.25, 0.3) is 5.69 Å². The van der Waals surface area contributed by atoms with Gasteiger partial charge in [0.15, 0.2) is 0 Å². The molecule has 3 rings (SSSR count). The van der Waals surface area contributed by atoms with E-state index in [2.05, 4.69) is 10.3 Å². The second-order valence-electron chi connectivity index (χ2n) is 5.09. The van der Waals surface area contributed by atoms with E-state index in [0.29, 0.717) is 0 Å². The molecule has 0 unspecified atom stereocenters. The van der Waals surface area contributed by atoms with Crippen LogP contribution in [0.4, 0.5) is 4.39 Å². The van der Waals surface area contributed by atoms with Crippen molar-refractivity contribution in [3.63, 3.8) is 0 Å². The molecule has 5 heteroatoms. The van der Waals surface area contributed by atoms with E-state index in [-0.39, 0.29) is 17.5 Å². The molecule has 0 bridgehead atoms. The highest BCUT2D eigenvalue weighted by Gasteiger charge is 2.20. The van der Waals surface area contributed by atoms with E-state index in [1.54, 1.807) is 35.4 Å². The number of hydrogen-bond acceptors (Lipinski definition) is 2. The highest BCUT2D eigenvalue weighted by atomic mass is 19.1. The number of hydrogen-bond donors (Lipinski definition) is 1. The maximum atomic E-state index is 13.8. The number of benzene rings is 1. The lowest BCUT2D eigenvalue weighted by Crippen LogP contribution is -2.33. The molecule has 1 aromatic carbocycles. The minimum atomic E-state index is -0.496. The van der Waals surface area contributed by atoms with E-state index in [9.17, 15) is 9.18 Å². The fraction of sp³-hybridized carbons (Fsp3) is 0.333. The van der Waals surface area contributed by atoms with E-state index >= 15 is 0 Å². The molecule has 1 aliphatic rings. The fourth-order valence-electron chi connectivity index (χ4n) is 2.59. The first-order chi connectivity index (χ1) is 9.74. The minimum Gasteiger partial charge on any atom is -0.349 e. The molecule has 1 N–H and O–H groups in total. The van der Waals surface area contributed by atoms with Gasteiger partial charge in [-0.25, -0.2) is 9.37 Å². The van der Waals surface area contributed by atoms with Gasteiger partial charge in [-0.15, -0.1) is 0 Å². The molecule has 2 aromatic rings. The maximum absolute atomic E-state index is 13.8. The van der Waals surface area contributed by atoms with Crippen molar-refractivity contribution < 1.29 is 9.18 Å². The summed E-state index contributed by atoms with van der Waals surface area (Å²) in [5.74, 6) is -0.833. The summed E-state index contributed by atoms with van der Waals surface area (Å²) >= 11 is 0. The monoisotopic (exact) mass is 273 g/mol. The number of amides is 1. The molecule has 0 radical (unpaired) electrons. The van der Waals surface area contributed by atoms with Crippen LogP contribution < -0.4 is 5.32 Å². The van der Waals surface area contributed by atoms with Crippen molar-refractivity contribution in [2.45, 2.75) is 31.7 Å². The molecule has 1 aliphatic carbocycles. The quantitative estimate of drug-likeness (QED) is 0.934. The van der Waals surface area contributed by atoms with Crippen LogP contribution in [-0.2, 0) is 0 Å². The largest absolute Gasteiger partial charge is 0.349 e. The molecule has 0 aliphatic heterocycles. The summed E-state index contributed by atoms with van der Waals surface area (Å²) in [4.78, 5) is 16.1. The second kappa shape index (κ2) is 5.45. The first-order valence-corrected chi connectivity index (χ1v) is 6.83. The molecule has 4 nitrogen and oxygen atoms in total. The number of nitrogens with zero attached hydrogens (tertiary/aromatic N) is 2. The summed E-state index contributed by atoms with van der Waals surface area (Å²) < 4.78 is 15.6. The second-order valence-corrected chi connectivity index (χ2v) is 5.09. The normalized spacial score (nSPS) is 15.4. The molecule has 104 valence electrons. The van der Waals surface area contributed by atoms with Gasteiger partial charge in [0.05, 0.1) is 11.9 Å². The van der Waals surface area contributed by atoms with Crippen molar-refractivity contribution in [1.82, 2.24) is 14.9 Å². The summed E-state index contributed by atoms with van der Waals surface area (Å²) in [7, 11) is 0. The zero-order chi connectivity index (χ0) is 13.9. The Balaban J connectivity index is 1.84. The zero-order valence-corrected chi connectivity index (χ0v) is 11.1. The number of halogens is 1. The van der Waals surface area contributed by atoms with E-state index < -0.39 is 5.82 Å². The summed E-state index contributed by atoms with van der Waals surface area (Å²) in [5.41, 5.74) is 0.809. The van der Waals surface area contributed by atoms with Gasteiger partial charge in [-0.2, -0.15) is 0 Å². The summed E-state index contributed by atoms with van der Waals surface area (Å²) in [6.45, 7) is 0. The number of carbonyl (C=O) groups excluding carboxylic acids is 1. The van der Waals surface area contributed by atoms with Crippen molar-refractivity contribution in [3.05, 3.63) is 48.3 Å². The average molecular weight is 273 g/mol. The Morgan fingerprint density at radius 1 is 1.35 bits per heavy atom. The molecule has 1 saturated carbocycles. The molecule has 1 aromatic heterocycles. The van der Waals surface area contributed by atoms with Gasteiger partial charge in [0.25, 0.3) is 5.91 Å². The maximum Gasteiger partial charge on any atom is 0.254 e. The third kappa shape index (κ3) is 2.57. The predicted molar refractivity (Wildman–Crippen MR) is 73.2 cm³/mol. The topological polar surface area (TPSA) is 46.9 Å². The standard InChI is InChI=1S/C15H16FN3O/c16-14-6-5-12(19-8-7-17-10-19)9-13(14)15(20)18-11-3-1-2-4-11/h5-11H,1-4H2,(H,18,20). The van der Waals surface area contributed by atoms with E-state index in [0.717, 1.165) is 31.4 Å². The SMILES string of the molecule is O=C(NC1CCCC1)c1cc(-n2ccnc2)ccc1F. The summed E-state index contributed by atoms with van der Waals surface area (Å²) in [6.07, 6.45) is 9.23. The lowest BCUT2D eigenvalue weighted by Gasteiger charge is -2.13. The van der Waals surface area contributed by atoms with Gasteiger partial charge in [0.1, 0.15) is 5.82 Å². The molecular weight excluding hydrogens is 257 g/mol. The van der Waals surface area contributed by atoms with Gasteiger partial charge in [-0.3, -0.25) is 4.79 Å². The molecular formula is C15H16FN3O. The number of aromatic nitrogens is 2. The molecule has 1 heterocycles. The number of imidazole rings is 1. The van der Waals surface area contributed by atoms with Crippen LogP contribution in [0.2, 0.25) is 0 Å². The van der Waals surface area contributed by atoms with Crippen molar-refractivity contribution in [2.24, 2.45) is 0 Å². The van der Waals surface area contributed by atoms with E-state index in [1.165, 1.54) is 6.07 Å². The Bertz CT molecular complexity index is 604. The van der Waals surface area contributed by atoms with Crippen LogP contribution in [-0.4, -0.2) is 21.5 Å². The Kier molecular flexibility index (Phi) is 3.50. The number of nitrogens with one attached hydrogen (secondary N) is 1. The van der Waals surface area contributed by atoms with Crippen LogP contribution in [0.3, 0.4) is 0 Å². The molecule has 1 amide bonds. The third-order valence-corrected chi connectivity index (χ3v) is 3.69. The van der Waals surface area contributed by atoms with Crippen LogP contribution >= 0.6 is 0 Å². The molecule has 0 spiro atoms. The lowest BCUT2D eigenvalue weighted by molar-refractivity contribution is 0.0934. The minimum absolute atomic E-state index is 0.0862. The Morgan fingerprint density at radius 3 is 2.85 bits per heavy atom. The van der Waals surface area contributed by atoms with Crippen LogP contribution in [0.5, 0.6) is 0 Å². The predicted octanol–water partition coefficient (Wildman–Crippen LogP) is 2.68. The van der Waals surface area contributed by atoms with Crippen molar-refractivity contribution >= 4 is 5.91 Å². The van der Waals surface area contributed by atoms with Gasteiger partial charge in [0.2, 0.25) is 0 Å². The lowest BCUT2D eigenvalue weighted by atomic mass is 10.1. The van der Waals surface area contributed by atoms with Crippen LogP contribution in [0, 0.1) is 5.82 Å². The van der Waals surface area contributed by atoms with Crippen molar-refractivity contribution in [1.29, 1.82) is 0 Å². The van der Waals surface area contributed by atoms with Crippen LogP contribution in [0.1, 0.15) is 36.0 Å². The first kappa shape index (κ1) is 12.8. The van der Waals surface area contributed by atoms with Gasteiger partial charge in [0, 0.05) is 24.1 Å². The summed E-state index contributed by atoms with van der Waals surface area (Å²) in [5, 5.41) is 2.90. The van der Waals surface area contributed by atoms with Gasteiger partial charge in [-0.05, 0) is 31.0 Å². The van der Waals surface area contributed by atoms with Gasteiger partial charge in [-0.1, -0.05) is 12.8 Å². The summed E-state index contributed by atoms with van der Waals surface area (Å²) in [6, 6.07) is 4.68. The first-order valence-electron chi connectivity index (χ1n) is 6.83. The molecule has 1 fully saturated rings. The molecule has 0 saturated heterocycles. The Labute approximate surface area is 116 Å². The number of rotatable bonds is 3. The van der Waals surface area contributed by atoms with Gasteiger partial charge >= 0.3 is 0 Å². The highest BCUT2D eigenvalue weighted by Crippen LogP contribution is 2.19. The van der Waals surface area contributed by atoms with E-state index in [1.807, 2.05) is 0 Å². The smallest absolute Gasteiger partial charge is 0.254 e. The number of carbonyl (C=O) groups is 1. The molecule has 20 heavy (non-hydrogen) atoms. The molecule has 0 atom stereocenters. The van der Waals surface area contributed by atoms with Crippen molar-refractivity contribution in [3.8, 4) is 5.69 Å². The van der Waals surface area contributed by atoms with Crippen LogP contribution in [0.15, 0.2) is 36.9 Å². The average Bonchev–Trinajstić information content (AvgIpc) is 3.11. The van der Waals surface area contributed by atoms with Crippen molar-refractivity contribution in [2.75, 3.05) is 0 Å².